The number of anilines is 2. The zero-order valence-corrected chi connectivity index (χ0v) is 12.3. The van der Waals surface area contributed by atoms with Crippen molar-refractivity contribution in [1.29, 1.82) is 0 Å². The number of hydrogen-bond acceptors (Lipinski definition) is 2. The highest BCUT2D eigenvalue weighted by Crippen LogP contribution is 2.42. The molecule has 0 atom stereocenters. The average molecular weight is 267 g/mol. The number of nitrogens with one attached hydrogen (secondary N) is 1. The Morgan fingerprint density at radius 3 is 2.61 bits per heavy atom. The molecule has 1 saturated carbocycles. The van der Waals surface area contributed by atoms with Gasteiger partial charge in [0.2, 0.25) is 0 Å². The minimum Gasteiger partial charge on any atom is -0.397 e. The number of benzene rings is 1. The van der Waals surface area contributed by atoms with Crippen LogP contribution in [0.2, 0.25) is 5.02 Å². The number of nitrogen functional groups attached to an aromatic ring is 1. The molecule has 0 aliphatic heterocycles. The lowest BCUT2D eigenvalue weighted by Crippen LogP contribution is -2.35. The molecule has 3 heteroatoms. The zero-order chi connectivity index (χ0) is 13.3. The van der Waals surface area contributed by atoms with Crippen LogP contribution in [0.15, 0.2) is 12.1 Å². The second-order valence-corrected chi connectivity index (χ2v) is 6.57. The van der Waals surface area contributed by atoms with E-state index in [1.165, 1.54) is 19.3 Å². The van der Waals surface area contributed by atoms with Crippen molar-refractivity contribution >= 4 is 23.0 Å². The van der Waals surface area contributed by atoms with Gasteiger partial charge in [0.05, 0.1) is 11.4 Å². The van der Waals surface area contributed by atoms with Crippen molar-refractivity contribution in [2.45, 2.75) is 40.0 Å². The number of rotatable bonds is 4. The molecule has 1 aromatic rings. The monoisotopic (exact) mass is 266 g/mol. The molecule has 2 nitrogen and oxygen atoms in total. The van der Waals surface area contributed by atoms with Crippen LogP contribution < -0.4 is 11.1 Å². The van der Waals surface area contributed by atoms with Crippen molar-refractivity contribution in [2.75, 3.05) is 17.6 Å². The van der Waals surface area contributed by atoms with Gasteiger partial charge in [-0.05, 0) is 48.8 Å². The van der Waals surface area contributed by atoms with E-state index in [1.807, 2.05) is 19.1 Å². The maximum absolute atomic E-state index is 6.05. The molecule has 0 radical (unpaired) electrons. The molecule has 3 N–H and O–H groups in total. The summed E-state index contributed by atoms with van der Waals surface area (Å²) >= 11 is 6.05. The summed E-state index contributed by atoms with van der Waals surface area (Å²) in [5.74, 6) is 0.847. The van der Waals surface area contributed by atoms with Gasteiger partial charge in [0.25, 0.3) is 0 Å². The van der Waals surface area contributed by atoms with E-state index in [0.29, 0.717) is 5.41 Å². The molecule has 100 valence electrons. The van der Waals surface area contributed by atoms with E-state index in [2.05, 4.69) is 19.2 Å². The molecule has 0 amide bonds. The Morgan fingerprint density at radius 2 is 2.06 bits per heavy atom. The van der Waals surface area contributed by atoms with Crippen LogP contribution in [-0.2, 0) is 0 Å². The SMILES string of the molecule is Cc1cc(NCC(C)(C)C2CCC2)c(N)cc1Cl. The summed E-state index contributed by atoms with van der Waals surface area (Å²) in [6.07, 6.45) is 4.11. The Hall–Kier alpha value is -0.890. The maximum Gasteiger partial charge on any atom is 0.0577 e. The Bertz CT molecular complexity index is 436. The molecule has 0 unspecified atom stereocenters. The number of halogens is 1. The van der Waals surface area contributed by atoms with Gasteiger partial charge in [-0.25, -0.2) is 0 Å². The summed E-state index contributed by atoms with van der Waals surface area (Å²) in [6.45, 7) is 7.64. The Kier molecular flexibility index (Phi) is 3.76. The van der Waals surface area contributed by atoms with Gasteiger partial charge in [0.15, 0.2) is 0 Å². The van der Waals surface area contributed by atoms with Gasteiger partial charge in [0.1, 0.15) is 0 Å². The van der Waals surface area contributed by atoms with Gasteiger partial charge in [-0.15, -0.1) is 0 Å². The van der Waals surface area contributed by atoms with Crippen LogP contribution in [0.4, 0.5) is 11.4 Å². The third kappa shape index (κ3) is 2.74. The average Bonchev–Trinajstić information content (AvgIpc) is 2.18. The Labute approximate surface area is 115 Å². The smallest absolute Gasteiger partial charge is 0.0577 e. The van der Waals surface area contributed by atoms with E-state index >= 15 is 0 Å². The summed E-state index contributed by atoms with van der Waals surface area (Å²) in [5, 5.41) is 4.22. The third-order valence-corrected chi connectivity index (χ3v) is 4.68. The van der Waals surface area contributed by atoms with Gasteiger partial charge in [0, 0.05) is 11.6 Å². The lowest BCUT2D eigenvalue weighted by atomic mass is 9.67. The number of nitrogens with two attached hydrogens (primary N) is 1. The van der Waals surface area contributed by atoms with Crippen molar-refractivity contribution in [3.05, 3.63) is 22.7 Å². The summed E-state index contributed by atoms with van der Waals surface area (Å²) in [4.78, 5) is 0. The highest BCUT2D eigenvalue weighted by atomic mass is 35.5. The molecule has 1 aliphatic carbocycles. The van der Waals surface area contributed by atoms with E-state index in [0.717, 1.165) is 34.4 Å². The minimum atomic E-state index is 0.332. The van der Waals surface area contributed by atoms with Gasteiger partial charge in [-0.1, -0.05) is 31.9 Å². The molecule has 1 aliphatic rings. The molecule has 0 aromatic heterocycles. The summed E-state index contributed by atoms with van der Waals surface area (Å²) < 4.78 is 0. The van der Waals surface area contributed by atoms with E-state index in [4.69, 9.17) is 17.3 Å². The fourth-order valence-corrected chi connectivity index (χ4v) is 2.68. The van der Waals surface area contributed by atoms with E-state index in [9.17, 15) is 0 Å². The first-order chi connectivity index (χ1) is 8.40. The quantitative estimate of drug-likeness (QED) is 0.789. The van der Waals surface area contributed by atoms with Crippen molar-refractivity contribution in [3.63, 3.8) is 0 Å². The highest BCUT2D eigenvalue weighted by Gasteiger charge is 2.33. The molecule has 1 aromatic carbocycles. The van der Waals surface area contributed by atoms with Gasteiger partial charge in [-0.3, -0.25) is 0 Å². The van der Waals surface area contributed by atoms with Crippen LogP contribution >= 0.6 is 11.6 Å². The third-order valence-electron chi connectivity index (χ3n) is 4.28. The summed E-state index contributed by atoms with van der Waals surface area (Å²) in [5.41, 5.74) is 9.13. The maximum atomic E-state index is 6.05. The topological polar surface area (TPSA) is 38.0 Å². The predicted molar refractivity (Wildman–Crippen MR) is 80.2 cm³/mol. The fraction of sp³-hybridized carbons (Fsp3) is 0.600. The van der Waals surface area contributed by atoms with Gasteiger partial charge >= 0.3 is 0 Å². The molecule has 0 bridgehead atoms. The standard InChI is InChI=1S/C15H23ClN2/c1-10-7-14(13(17)8-12(10)16)18-9-15(2,3)11-5-4-6-11/h7-8,11,18H,4-6,9,17H2,1-3H3. The molecule has 0 spiro atoms. The first kappa shape index (κ1) is 13.5. The molecule has 0 heterocycles. The largest absolute Gasteiger partial charge is 0.397 e. The molecule has 0 saturated heterocycles. The second-order valence-electron chi connectivity index (χ2n) is 6.16. The van der Waals surface area contributed by atoms with Crippen molar-refractivity contribution in [1.82, 2.24) is 0 Å². The molecular formula is C15H23ClN2. The lowest BCUT2D eigenvalue weighted by Gasteiger charge is -2.40. The first-order valence-corrected chi connectivity index (χ1v) is 7.07. The zero-order valence-electron chi connectivity index (χ0n) is 11.5. The van der Waals surface area contributed by atoms with Gasteiger partial charge < -0.3 is 11.1 Å². The van der Waals surface area contributed by atoms with Gasteiger partial charge in [-0.2, -0.15) is 0 Å². The molecule has 2 rings (SSSR count). The van der Waals surface area contributed by atoms with Crippen molar-refractivity contribution in [2.24, 2.45) is 11.3 Å². The van der Waals surface area contributed by atoms with Crippen LogP contribution in [0.5, 0.6) is 0 Å². The normalized spacial score (nSPS) is 16.4. The van der Waals surface area contributed by atoms with Crippen LogP contribution in [0.3, 0.4) is 0 Å². The summed E-state index contributed by atoms with van der Waals surface area (Å²) in [6, 6.07) is 3.87. The summed E-state index contributed by atoms with van der Waals surface area (Å²) in [7, 11) is 0. The van der Waals surface area contributed by atoms with E-state index in [-0.39, 0.29) is 0 Å². The number of hydrogen-bond donors (Lipinski definition) is 2. The van der Waals surface area contributed by atoms with E-state index in [1.54, 1.807) is 0 Å². The minimum absolute atomic E-state index is 0.332. The Balaban J connectivity index is 2.03. The molecule has 1 fully saturated rings. The van der Waals surface area contributed by atoms with Crippen LogP contribution in [0.25, 0.3) is 0 Å². The molecular weight excluding hydrogens is 244 g/mol. The first-order valence-electron chi connectivity index (χ1n) is 6.69. The second kappa shape index (κ2) is 5.00. The lowest BCUT2D eigenvalue weighted by molar-refractivity contribution is 0.134. The number of aryl methyl sites for hydroxylation is 1. The van der Waals surface area contributed by atoms with Crippen LogP contribution in [0.1, 0.15) is 38.7 Å². The van der Waals surface area contributed by atoms with Crippen LogP contribution in [-0.4, -0.2) is 6.54 Å². The van der Waals surface area contributed by atoms with Crippen LogP contribution in [0, 0.1) is 18.3 Å². The highest BCUT2D eigenvalue weighted by molar-refractivity contribution is 6.31. The van der Waals surface area contributed by atoms with Crippen molar-refractivity contribution < 1.29 is 0 Å². The molecule has 18 heavy (non-hydrogen) atoms. The van der Waals surface area contributed by atoms with E-state index < -0.39 is 0 Å². The predicted octanol–water partition coefficient (Wildman–Crippen LogP) is 4.47. The fourth-order valence-electron chi connectivity index (χ4n) is 2.51. The van der Waals surface area contributed by atoms with Crippen molar-refractivity contribution in [3.8, 4) is 0 Å². The Morgan fingerprint density at radius 1 is 1.39 bits per heavy atom.